The second-order valence-electron chi connectivity index (χ2n) is 8.76. The largest absolute Gasteiger partial charge is 0.444 e. The normalized spacial score (nSPS) is 13.7. The lowest BCUT2D eigenvalue weighted by atomic mass is 10.2. The van der Waals surface area contributed by atoms with Crippen molar-refractivity contribution in [2.45, 2.75) is 65.5 Å². The Kier molecular flexibility index (Phi) is 7.48. The number of carbonyl (C=O) groups is 1. The molecule has 1 N–H and O–H groups in total. The minimum atomic E-state index is -1.24. The highest BCUT2D eigenvalue weighted by Gasteiger charge is 2.22. The van der Waals surface area contributed by atoms with E-state index in [1.54, 1.807) is 0 Å². The van der Waals surface area contributed by atoms with E-state index in [0.29, 0.717) is 0 Å². The summed E-state index contributed by atoms with van der Waals surface area (Å²) in [5, 5.41) is 2.95. The van der Waals surface area contributed by atoms with Crippen LogP contribution in [0.5, 0.6) is 0 Å². The summed E-state index contributed by atoms with van der Waals surface area (Å²) in [6, 6.07) is 10.5. The van der Waals surface area contributed by atoms with E-state index in [-0.39, 0.29) is 12.1 Å². The molecule has 5 heteroatoms. The van der Waals surface area contributed by atoms with Crippen LogP contribution in [0, 0.1) is 0 Å². The number of hydrogen-bond donors (Lipinski definition) is 1. The molecule has 1 amide bonds. The Morgan fingerprint density at radius 3 is 2.29 bits per heavy atom. The third kappa shape index (κ3) is 9.73. The van der Waals surface area contributed by atoms with Crippen LogP contribution in [0.4, 0.5) is 4.79 Å². The highest BCUT2D eigenvalue weighted by atomic mass is 28.3. The monoisotopic (exact) mass is 350 g/mol. The molecular formula is C19H34N2O2Si. The molecule has 0 bridgehead atoms. The van der Waals surface area contributed by atoms with Gasteiger partial charge < -0.3 is 10.1 Å². The maximum Gasteiger partial charge on any atom is 0.407 e. The van der Waals surface area contributed by atoms with Gasteiger partial charge in [-0.2, -0.15) is 0 Å². The number of benzene rings is 1. The third-order valence-corrected chi connectivity index (χ3v) is 4.64. The van der Waals surface area contributed by atoms with Crippen LogP contribution in [0.25, 0.3) is 0 Å². The average Bonchev–Trinajstić information content (AvgIpc) is 2.34. The van der Waals surface area contributed by atoms with Crippen LogP contribution < -0.4 is 5.32 Å². The Balaban J connectivity index is 2.65. The van der Waals surface area contributed by atoms with E-state index in [1.807, 2.05) is 33.8 Å². The first kappa shape index (κ1) is 20.7. The Morgan fingerprint density at radius 2 is 1.79 bits per heavy atom. The van der Waals surface area contributed by atoms with Gasteiger partial charge in [-0.3, -0.25) is 4.90 Å². The number of rotatable bonds is 7. The SMILES string of the molecule is C[C@@H](CN(Cc1ccccc1)C[Si](C)(C)C)NC(=O)OC(C)(C)C. The number of nitrogens with zero attached hydrogens (tertiary/aromatic N) is 1. The quantitative estimate of drug-likeness (QED) is 0.746. The Labute approximate surface area is 148 Å². The van der Waals surface area contributed by atoms with E-state index in [0.717, 1.165) is 19.3 Å². The Bertz CT molecular complexity index is 506. The fourth-order valence-electron chi connectivity index (χ4n) is 2.64. The molecule has 0 aromatic heterocycles. The van der Waals surface area contributed by atoms with Crippen LogP contribution in [-0.4, -0.2) is 43.4 Å². The van der Waals surface area contributed by atoms with Crippen LogP contribution in [0.1, 0.15) is 33.3 Å². The molecule has 24 heavy (non-hydrogen) atoms. The van der Waals surface area contributed by atoms with Gasteiger partial charge in [0.25, 0.3) is 0 Å². The van der Waals surface area contributed by atoms with Crippen molar-refractivity contribution in [2.24, 2.45) is 0 Å². The molecule has 136 valence electrons. The first-order valence-electron chi connectivity index (χ1n) is 8.70. The van der Waals surface area contributed by atoms with Crippen LogP contribution in [0.3, 0.4) is 0 Å². The molecule has 1 aromatic rings. The van der Waals surface area contributed by atoms with E-state index in [9.17, 15) is 4.79 Å². The molecule has 0 saturated heterocycles. The number of amides is 1. The smallest absolute Gasteiger partial charge is 0.407 e. The van der Waals surface area contributed by atoms with Gasteiger partial charge >= 0.3 is 6.09 Å². The minimum Gasteiger partial charge on any atom is -0.444 e. The number of hydrogen-bond acceptors (Lipinski definition) is 3. The van der Waals surface area contributed by atoms with Crippen molar-refractivity contribution >= 4 is 14.2 Å². The van der Waals surface area contributed by atoms with Gasteiger partial charge in [0.2, 0.25) is 0 Å². The molecule has 4 nitrogen and oxygen atoms in total. The summed E-state index contributed by atoms with van der Waals surface area (Å²) in [6.07, 6.45) is 0.755. The second-order valence-corrected chi connectivity index (χ2v) is 14.2. The fourth-order valence-corrected chi connectivity index (χ4v) is 4.22. The van der Waals surface area contributed by atoms with Crippen molar-refractivity contribution in [2.75, 3.05) is 12.7 Å². The molecule has 0 fully saturated rings. The molecule has 0 aliphatic carbocycles. The van der Waals surface area contributed by atoms with Crippen molar-refractivity contribution in [3.05, 3.63) is 35.9 Å². The maximum atomic E-state index is 12.0. The zero-order valence-corrected chi connectivity index (χ0v) is 17.3. The Hall–Kier alpha value is -1.33. The highest BCUT2D eigenvalue weighted by Crippen LogP contribution is 2.11. The summed E-state index contributed by atoms with van der Waals surface area (Å²) >= 11 is 0. The number of nitrogens with one attached hydrogen (secondary N) is 1. The molecule has 0 spiro atoms. The highest BCUT2D eigenvalue weighted by molar-refractivity contribution is 6.76. The summed E-state index contributed by atoms with van der Waals surface area (Å²) in [5.41, 5.74) is 0.839. The van der Waals surface area contributed by atoms with E-state index < -0.39 is 13.7 Å². The first-order chi connectivity index (χ1) is 10.9. The standard InChI is InChI=1S/C19H34N2O2Si/c1-16(20-18(22)23-19(2,3)4)13-21(15-24(5,6)7)14-17-11-9-8-10-12-17/h8-12,16H,13-15H2,1-7H3,(H,20,22)/t16-/m0/s1. The lowest BCUT2D eigenvalue weighted by Gasteiger charge is -2.31. The van der Waals surface area contributed by atoms with Crippen molar-refractivity contribution < 1.29 is 9.53 Å². The van der Waals surface area contributed by atoms with E-state index >= 15 is 0 Å². The van der Waals surface area contributed by atoms with Crippen molar-refractivity contribution in [1.82, 2.24) is 10.2 Å². The van der Waals surface area contributed by atoms with Gasteiger partial charge in [-0.25, -0.2) is 4.79 Å². The zero-order valence-electron chi connectivity index (χ0n) is 16.3. The van der Waals surface area contributed by atoms with Crippen molar-refractivity contribution in [3.63, 3.8) is 0 Å². The number of carbonyl (C=O) groups excluding carboxylic acids is 1. The minimum absolute atomic E-state index is 0.0416. The maximum absolute atomic E-state index is 12.0. The fraction of sp³-hybridized carbons (Fsp3) is 0.632. The van der Waals surface area contributed by atoms with Crippen molar-refractivity contribution in [1.29, 1.82) is 0 Å². The van der Waals surface area contributed by atoms with E-state index in [4.69, 9.17) is 4.74 Å². The van der Waals surface area contributed by atoms with Gasteiger partial charge in [0.1, 0.15) is 5.60 Å². The molecule has 1 atom stereocenters. The molecule has 1 rings (SSSR count). The summed E-state index contributed by atoms with van der Waals surface area (Å²) in [7, 11) is -1.24. The van der Waals surface area contributed by atoms with Gasteiger partial charge in [-0.15, -0.1) is 0 Å². The molecule has 0 radical (unpaired) electrons. The Morgan fingerprint density at radius 1 is 1.21 bits per heavy atom. The van der Waals surface area contributed by atoms with Crippen LogP contribution in [0.2, 0.25) is 19.6 Å². The molecule has 0 aliphatic rings. The van der Waals surface area contributed by atoms with Crippen molar-refractivity contribution in [3.8, 4) is 0 Å². The van der Waals surface area contributed by atoms with Crippen LogP contribution in [0.15, 0.2) is 30.3 Å². The van der Waals surface area contributed by atoms with Gasteiger partial charge in [0.15, 0.2) is 0 Å². The molecule has 0 heterocycles. The predicted octanol–water partition coefficient (Wildman–Crippen LogP) is 4.28. The first-order valence-corrected chi connectivity index (χ1v) is 12.4. The van der Waals surface area contributed by atoms with E-state index in [1.165, 1.54) is 5.56 Å². The molecule has 0 unspecified atom stereocenters. The topological polar surface area (TPSA) is 41.6 Å². The van der Waals surface area contributed by atoms with Crippen LogP contribution in [-0.2, 0) is 11.3 Å². The zero-order chi connectivity index (χ0) is 18.4. The molecule has 0 saturated carbocycles. The summed E-state index contributed by atoms with van der Waals surface area (Å²) in [4.78, 5) is 14.4. The van der Waals surface area contributed by atoms with E-state index in [2.05, 4.69) is 54.1 Å². The predicted molar refractivity (Wildman–Crippen MR) is 104 cm³/mol. The third-order valence-electron chi connectivity index (χ3n) is 3.24. The van der Waals surface area contributed by atoms with Crippen LogP contribution >= 0.6 is 0 Å². The molecule has 0 aliphatic heterocycles. The average molecular weight is 351 g/mol. The molecular weight excluding hydrogens is 316 g/mol. The molecule has 1 aromatic carbocycles. The lowest BCUT2D eigenvalue weighted by Crippen LogP contribution is -2.47. The summed E-state index contributed by atoms with van der Waals surface area (Å²) in [6.45, 7) is 16.5. The number of ether oxygens (including phenoxy) is 1. The lowest BCUT2D eigenvalue weighted by molar-refractivity contribution is 0.0498. The van der Waals surface area contributed by atoms with Gasteiger partial charge in [-0.1, -0.05) is 50.0 Å². The second kappa shape index (κ2) is 8.67. The van der Waals surface area contributed by atoms with Gasteiger partial charge in [0.05, 0.1) is 8.07 Å². The summed E-state index contributed by atoms with van der Waals surface area (Å²) in [5.74, 6) is 0. The van der Waals surface area contributed by atoms with Gasteiger partial charge in [-0.05, 0) is 39.4 Å². The van der Waals surface area contributed by atoms with Gasteiger partial charge in [0, 0.05) is 19.1 Å². The number of alkyl carbamates (subject to hydrolysis) is 1. The summed E-state index contributed by atoms with van der Waals surface area (Å²) < 4.78 is 5.35.